The maximum atomic E-state index is 7.00. The lowest BCUT2D eigenvalue weighted by molar-refractivity contribution is 0.277. The van der Waals surface area contributed by atoms with E-state index in [2.05, 4.69) is 9.47 Å². The maximum absolute atomic E-state index is 7.00. The van der Waals surface area contributed by atoms with E-state index in [1.165, 1.54) is 0 Å². The van der Waals surface area contributed by atoms with Crippen LogP contribution in [0.25, 0.3) is 0 Å². The Morgan fingerprint density at radius 2 is 0.409 bits per heavy atom. The van der Waals surface area contributed by atoms with Gasteiger partial charge in [-0.05, 0) is 0 Å². The van der Waals surface area contributed by atoms with Gasteiger partial charge in [-0.2, -0.15) is 0 Å². The summed E-state index contributed by atoms with van der Waals surface area (Å²) in [5.74, 6) is 0. The lowest BCUT2D eigenvalue weighted by Crippen LogP contribution is -1.55. The Kier molecular flexibility index (Phi) is 12800. The monoisotopic (exact) mass is 348 g/mol. The number of ether oxygens (including phenoxy) is 2. The van der Waals surface area contributed by atoms with Crippen LogP contribution >= 0.6 is 0 Å². The zero-order valence-electron chi connectivity index (χ0n) is 15.6. The van der Waals surface area contributed by atoms with E-state index in [9.17, 15) is 0 Å². The largest absolute Gasteiger partial charge is 0.412 e. The van der Waals surface area contributed by atoms with Gasteiger partial charge in [-0.25, -0.2) is 0 Å². The van der Waals surface area contributed by atoms with E-state index in [0.717, 1.165) is 28.4 Å². The van der Waals surface area contributed by atoms with Crippen molar-refractivity contribution in [3.05, 3.63) is 0 Å². The first kappa shape index (κ1) is 98.9. The number of methoxy groups -OCH3 is 2. The van der Waals surface area contributed by atoms with Crippen molar-refractivity contribution in [2.75, 3.05) is 56.9 Å². The van der Waals surface area contributed by atoms with E-state index >= 15 is 0 Å². The van der Waals surface area contributed by atoms with Gasteiger partial charge in [-0.1, -0.05) is 42.5 Å². The third kappa shape index (κ3) is 67100. The van der Waals surface area contributed by atoms with Gasteiger partial charge in [0, 0.05) is 56.9 Å². The second kappa shape index (κ2) is 2840. The molecule has 0 aromatic rings. The van der Waals surface area contributed by atoms with Crippen molar-refractivity contribution >= 4 is 0 Å². The highest BCUT2D eigenvalue weighted by atomic mass is 16.5. The topological polar surface area (TPSA) is 162 Å². The van der Waals surface area contributed by atoms with Gasteiger partial charge in [0.15, 0.2) is 0 Å². The molecule has 8 nitrogen and oxygen atoms in total. The van der Waals surface area contributed by atoms with E-state index in [4.69, 9.17) is 20.4 Å². The van der Waals surface area contributed by atoms with Gasteiger partial charge in [-0.3, -0.25) is 0 Å². The van der Waals surface area contributed by atoms with Crippen LogP contribution in [0.15, 0.2) is 0 Å². The van der Waals surface area contributed by atoms with Gasteiger partial charge in [0.05, 0.1) is 0 Å². The third-order valence-electron chi connectivity index (χ3n) is 0. The summed E-state index contributed by atoms with van der Waals surface area (Å²) in [4.78, 5) is 0. The zero-order chi connectivity index (χ0) is 17.4. The molecule has 0 aromatic carbocycles. The highest BCUT2D eigenvalue weighted by Crippen LogP contribution is 1.28. The highest BCUT2D eigenvalue weighted by molar-refractivity contribution is 3.57. The average molecular weight is 349 g/mol. The quantitative estimate of drug-likeness (QED) is 0.501. The van der Waals surface area contributed by atoms with Crippen LogP contribution in [-0.4, -0.2) is 88.3 Å². The molecule has 0 saturated carbocycles. The highest BCUT2D eigenvalue weighted by Gasteiger charge is 1.26. The third-order valence-corrected chi connectivity index (χ3v) is 0. The molecule has 0 rings (SSSR count). The van der Waals surface area contributed by atoms with Crippen LogP contribution in [-0.2, 0) is 9.47 Å². The van der Waals surface area contributed by atoms with Crippen molar-refractivity contribution in [3.63, 3.8) is 0 Å². The summed E-state index contributed by atoms with van der Waals surface area (Å²) in [5, 5.41) is 28.0. The standard InChI is InChI=1S/2C2H6O.2C2H6.4CH4O.2CH4.2H2O/c2*1-3-2;6*1-2;;;;/h2*1-2H3;2*1-2H3;4*2H,1H3;2*1H4;2*1H2. The molecule has 0 saturated heterocycles. The van der Waals surface area contributed by atoms with Crippen LogP contribution in [0.3, 0.4) is 0 Å². The van der Waals surface area contributed by atoms with E-state index in [1.807, 2.05) is 27.7 Å². The average Bonchev–Trinajstić information content (AvgIpc) is 2.52. The molecule has 0 aliphatic heterocycles. The second-order valence-corrected chi connectivity index (χ2v) is 0.816. The van der Waals surface area contributed by atoms with Crippen molar-refractivity contribution in [2.24, 2.45) is 0 Å². The molecule has 0 unspecified atom stereocenters. The number of hydrogen-bond donors (Lipinski definition) is 4. The summed E-state index contributed by atoms with van der Waals surface area (Å²) in [6.07, 6.45) is 0. The smallest absolute Gasteiger partial charge is 0.0351 e. The number of aliphatic hydroxyl groups is 4. The lowest BCUT2D eigenvalue weighted by Gasteiger charge is -1.61. The molecule has 0 spiro atoms. The molecule has 156 valence electrons. The molecular weight excluding hydrogens is 296 g/mol. The summed E-state index contributed by atoms with van der Waals surface area (Å²) < 4.78 is 8.50. The fraction of sp³-hybridized carbons (Fsp3) is 1.00. The maximum Gasteiger partial charge on any atom is 0.0351 e. The lowest BCUT2D eigenvalue weighted by atomic mass is 11.0. The number of hydrogen-bond acceptors (Lipinski definition) is 6. The van der Waals surface area contributed by atoms with Crippen molar-refractivity contribution in [1.82, 2.24) is 0 Å². The first-order valence-electron chi connectivity index (χ1n) is 5.42. The minimum absolute atomic E-state index is 0. The molecule has 0 aromatic heterocycles. The summed E-state index contributed by atoms with van der Waals surface area (Å²) in [6, 6.07) is 0. The fourth-order valence-corrected chi connectivity index (χ4v) is 0. The minimum Gasteiger partial charge on any atom is -0.412 e. The van der Waals surface area contributed by atoms with Gasteiger partial charge in [0.2, 0.25) is 0 Å². The summed E-state index contributed by atoms with van der Waals surface area (Å²) in [7, 11) is 10.5. The molecule has 0 aliphatic carbocycles. The van der Waals surface area contributed by atoms with Gasteiger partial charge in [0.25, 0.3) is 0 Å². The molecule has 0 amide bonds. The summed E-state index contributed by atoms with van der Waals surface area (Å²) >= 11 is 0. The molecule has 8 N–H and O–H groups in total. The Morgan fingerprint density at radius 3 is 0.409 bits per heavy atom. The first-order chi connectivity index (χ1) is 8.83. The molecule has 0 bridgehead atoms. The molecule has 8 heteroatoms. The molecular formula is C14H52O8. The van der Waals surface area contributed by atoms with E-state index in [1.54, 1.807) is 28.4 Å². The van der Waals surface area contributed by atoms with Gasteiger partial charge < -0.3 is 40.9 Å². The van der Waals surface area contributed by atoms with E-state index < -0.39 is 0 Å². The molecule has 22 heavy (non-hydrogen) atoms. The predicted molar refractivity (Wildman–Crippen MR) is 102 cm³/mol. The van der Waals surface area contributed by atoms with Gasteiger partial charge in [-0.15, -0.1) is 0 Å². The Bertz CT molecular complexity index is 22.8. The summed E-state index contributed by atoms with van der Waals surface area (Å²) in [6.45, 7) is 8.00. The molecule has 0 atom stereocenters. The van der Waals surface area contributed by atoms with Crippen LogP contribution in [0, 0.1) is 0 Å². The molecule has 0 radical (unpaired) electrons. The predicted octanol–water partition coefficient (Wildman–Crippen LogP) is 0.634. The van der Waals surface area contributed by atoms with Crippen LogP contribution in [0.1, 0.15) is 42.5 Å². The summed E-state index contributed by atoms with van der Waals surface area (Å²) in [5.41, 5.74) is 0. The van der Waals surface area contributed by atoms with Crippen molar-refractivity contribution in [3.8, 4) is 0 Å². The van der Waals surface area contributed by atoms with Crippen LogP contribution < -0.4 is 0 Å². The van der Waals surface area contributed by atoms with Crippen molar-refractivity contribution in [2.45, 2.75) is 42.5 Å². The molecule has 0 fully saturated rings. The Balaban J connectivity index is -0.00000000511. The Hall–Kier alpha value is -0.320. The number of aliphatic hydroxyl groups excluding tert-OH is 4. The fourth-order valence-electron chi connectivity index (χ4n) is 0. The Morgan fingerprint density at radius 1 is 0.409 bits per heavy atom. The van der Waals surface area contributed by atoms with E-state index in [0.29, 0.717) is 0 Å². The Labute approximate surface area is 141 Å². The van der Waals surface area contributed by atoms with Crippen LogP contribution in [0.2, 0.25) is 0 Å². The zero-order valence-corrected chi connectivity index (χ0v) is 15.6. The minimum atomic E-state index is 0. The second-order valence-electron chi connectivity index (χ2n) is 0.816. The normalized spacial score (nSPS) is 3.27. The van der Waals surface area contributed by atoms with Gasteiger partial charge >= 0.3 is 0 Å². The van der Waals surface area contributed by atoms with Crippen molar-refractivity contribution in [1.29, 1.82) is 0 Å². The van der Waals surface area contributed by atoms with Crippen LogP contribution in [0.5, 0.6) is 0 Å². The van der Waals surface area contributed by atoms with Crippen LogP contribution in [0.4, 0.5) is 0 Å². The molecule has 0 heterocycles. The molecule has 0 aliphatic rings. The van der Waals surface area contributed by atoms with E-state index in [-0.39, 0.29) is 25.8 Å². The number of rotatable bonds is 0. The first-order valence-corrected chi connectivity index (χ1v) is 5.42. The SMILES string of the molecule is C.C.CC.CC.CO.CO.CO.CO.COC.COC.O.O. The van der Waals surface area contributed by atoms with Gasteiger partial charge in [0.1, 0.15) is 0 Å². The van der Waals surface area contributed by atoms with Crippen molar-refractivity contribution < 1.29 is 40.9 Å².